The molecule has 5 rings (SSSR count). The third-order valence-electron chi connectivity index (χ3n) is 6.43. The third-order valence-corrected chi connectivity index (χ3v) is 6.43. The van der Waals surface area contributed by atoms with Crippen molar-refractivity contribution in [3.63, 3.8) is 0 Å². The number of hydrogen-bond donors (Lipinski definition) is 7. The number of aliphatic hydroxyl groups is 3. The Morgan fingerprint density at radius 1 is 0.805 bits per heavy atom. The molecule has 13 heteroatoms. The number of phenolic OH excluding ortho intramolecular Hbond substituents is 4. The van der Waals surface area contributed by atoms with Crippen LogP contribution in [0.15, 0.2) is 69.9 Å². The predicted octanol–water partition coefficient (Wildman–Crippen LogP) is 1.33. The molecule has 13 nitrogen and oxygen atoms in total. The highest BCUT2D eigenvalue weighted by Gasteiger charge is 2.46. The van der Waals surface area contributed by atoms with Gasteiger partial charge in [-0.1, -0.05) is 0 Å². The molecule has 0 spiro atoms. The second-order valence-corrected chi connectivity index (χ2v) is 9.25. The lowest BCUT2D eigenvalue weighted by atomic mass is 9.99. The largest absolute Gasteiger partial charge is 0.508 e. The van der Waals surface area contributed by atoms with Gasteiger partial charge in [0, 0.05) is 17.7 Å². The Kier molecular flexibility index (Phi) is 7.43. The van der Waals surface area contributed by atoms with E-state index in [1.165, 1.54) is 48.5 Å². The lowest BCUT2D eigenvalue weighted by molar-refractivity contribution is -0.277. The van der Waals surface area contributed by atoms with Crippen LogP contribution in [-0.4, -0.2) is 79.0 Å². The molecular weight excluding hydrogens is 544 g/mol. The summed E-state index contributed by atoms with van der Waals surface area (Å²) in [5, 5.41) is 70.5. The summed E-state index contributed by atoms with van der Waals surface area (Å²) in [6.07, 6.45) is -8.71. The van der Waals surface area contributed by atoms with Crippen molar-refractivity contribution in [3.05, 3.63) is 76.5 Å². The summed E-state index contributed by atoms with van der Waals surface area (Å²) in [4.78, 5) is 25.9. The number of hydrogen-bond acceptors (Lipinski definition) is 13. The second kappa shape index (κ2) is 11.0. The number of benzene rings is 3. The lowest BCUT2D eigenvalue weighted by Gasteiger charge is -2.39. The molecule has 214 valence electrons. The van der Waals surface area contributed by atoms with E-state index in [1.807, 2.05) is 0 Å². The number of aliphatic hydroxyl groups excluding tert-OH is 3. The smallest absolute Gasteiger partial charge is 0.338 e. The van der Waals surface area contributed by atoms with Crippen LogP contribution >= 0.6 is 0 Å². The Morgan fingerprint density at radius 2 is 1.44 bits per heavy atom. The number of esters is 1. The molecule has 0 saturated carbocycles. The molecule has 4 aromatic rings. The summed E-state index contributed by atoms with van der Waals surface area (Å²) in [6.45, 7) is -0.596. The first-order chi connectivity index (χ1) is 19.5. The summed E-state index contributed by atoms with van der Waals surface area (Å²) in [6, 6.07) is 12.5. The molecule has 0 bridgehead atoms. The summed E-state index contributed by atoms with van der Waals surface area (Å²) in [7, 11) is 0. The van der Waals surface area contributed by atoms with E-state index in [0.717, 1.165) is 12.1 Å². The fourth-order valence-corrected chi connectivity index (χ4v) is 4.28. The van der Waals surface area contributed by atoms with Gasteiger partial charge in [-0.2, -0.15) is 0 Å². The van der Waals surface area contributed by atoms with Gasteiger partial charge in [0.2, 0.25) is 17.5 Å². The Morgan fingerprint density at radius 3 is 2.10 bits per heavy atom. The van der Waals surface area contributed by atoms with Crippen LogP contribution in [0.5, 0.6) is 28.7 Å². The van der Waals surface area contributed by atoms with Crippen LogP contribution in [0.3, 0.4) is 0 Å². The first kappa shape index (κ1) is 27.7. The Balaban J connectivity index is 1.48. The average Bonchev–Trinajstić information content (AvgIpc) is 2.94. The average molecular weight is 568 g/mol. The van der Waals surface area contributed by atoms with E-state index in [4.69, 9.17) is 18.6 Å². The van der Waals surface area contributed by atoms with Crippen LogP contribution in [0.2, 0.25) is 0 Å². The Hall–Kier alpha value is -4.82. The molecule has 1 aliphatic heterocycles. The molecule has 0 amide bonds. The molecular formula is C28H24O13. The number of fused-ring (bicyclic) bond motifs is 1. The fraction of sp³-hybridized carbons (Fsp3) is 0.214. The van der Waals surface area contributed by atoms with Crippen molar-refractivity contribution < 1.29 is 59.2 Å². The van der Waals surface area contributed by atoms with Gasteiger partial charge >= 0.3 is 5.97 Å². The highest BCUT2D eigenvalue weighted by atomic mass is 16.7. The van der Waals surface area contributed by atoms with Gasteiger partial charge in [0.05, 0.1) is 5.56 Å². The van der Waals surface area contributed by atoms with Gasteiger partial charge in [-0.25, -0.2) is 4.79 Å². The first-order valence-electron chi connectivity index (χ1n) is 12.2. The number of carbonyl (C=O) groups is 1. The molecule has 2 heterocycles. The highest BCUT2D eigenvalue weighted by Crippen LogP contribution is 2.37. The molecule has 41 heavy (non-hydrogen) atoms. The van der Waals surface area contributed by atoms with E-state index >= 15 is 0 Å². The topological polar surface area (TPSA) is 217 Å². The standard InChI is InChI=1S/C28H24O13/c29-14-5-1-12(2-6-14)25-26(22(34)20-17(32)9-16(31)10-18(20)39-25)41-28-24(36)23(35)21(33)19(40-28)11-38-27(37)13-3-7-15(30)8-4-13/h1-10,19,21,23-24,28-33,35-36H,11H2/t19-,21+,23+,24-,28+/m1/s1. The van der Waals surface area contributed by atoms with Gasteiger partial charge in [-0.3, -0.25) is 4.79 Å². The summed E-state index contributed by atoms with van der Waals surface area (Å²) in [5.41, 5.74) is -0.842. The van der Waals surface area contributed by atoms with Crippen molar-refractivity contribution in [2.45, 2.75) is 30.7 Å². The minimum Gasteiger partial charge on any atom is -0.508 e. The first-order valence-corrected chi connectivity index (χ1v) is 12.2. The van der Waals surface area contributed by atoms with Crippen LogP contribution in [0.1, 0.15) is 10.4 Å². The van der Waals surface area contributed by atoms with E-state index in [9.17, 15) is 45.3 Å². The number of aromatic hydroxyl groups is 4. The van der Waals surface area contributed by atoms with E-state index < -0.39 is 66.0 Å². The molecule has 0 radical (unpaired) electrons. The van der Waals surface area contributed by atoms with Crippen molar-refractivity contribution in [3.8, 4) is 40.1 Å². The molecule has 0 aliphatic carbocycles. The van der Waals surface area contributed by atoms with E-state index in [0.29, 0.717) is 0 Å². The zero-order valence-corrected chi connectivity index (χ0v) is 20.9. The summed E-state index contributed by atoms with van der Waals surface area (Å²) in [5.74, 6) is -2.83. The second-order valence-electron chi connectivity index (χ2n) is 9.25. The van der Waals surface area contributed by atoms with Crippen molar-refractivity contribution >= 4 is 16.9 Å². The Labute approximate surface area is 230 Å². The minimum absolute atomic E-state index is 0.0698. The lowest BCUT2D eigenvalue weighted by Crippen LogP contribution is -2.60. The van der Waals surface area contributed by atoms with Crippen LogP contribution in [0.25, 0.3) is 22.3 Å². The van der Waals surface area contributed by atoms with E-state index in [-0.39, 0.29) is 39.4 Å². The zero-order valence-electron chi connectivity index (χ0n) is 20.9. The fourth-order valence-electron chi connectivity index (χ4n) is 4.28. The van der Waals surface area contributed by atoms with Crippen molar-refractivity contribution in [1.82, 2.24) is 0 Å². The normalized spacial score (nSPS) is 22.4. The van der Waals surface area contributed by atoms with Gasteiger partial charge in [0.15, 0.2) is 5.76 Å². The molecule has 1 aliphatic rings. The predicted molar refractivity (Wildman–Crippen MR) is 139 cm³/mol. The maximum Gasteiger partial charge on any atom is 0.338 e. The SMILES string of the molecule is O=C(OC[C@H]1O[C@@H](Oc2c(-c3ccc(O)cc3)oc3cc(O)cc(O)c3c2=O)[C@H](O)[C@@H](O)[C@H]1O)c1ccc(O)cc1. The monoisotopic (exact) mass is 568 g/mol. The maximum atomic E-state index is 13.5. The number of carbonyl (C=O) groups excluding carboxylic acids is 1. The molecule has 7 N–H and O–H groups in total. The molecule has 1 saturated heterocycles. The quantitative estimate of drug-likeness (QED) is 0.164. The summed E-state index contributed by atoms with van der Waals surface area (Å²) >= 11 is 0. The molecule has 1 fully saturated rings. The molecule has 0 unspecified atom stereocenters. The van der Waals surface area contributed by atoms with E-state index in [1.54, 1.807) is 0 Å². The van der Waals surface area contributed by atoms with Crippen LogP contribution < -0.4 is 10.2 Å². The van der Waals surface area contributed by atoms with Crippen molar-refractivity contribution in [2.75, 3.05) is 6.61 Å². The van der Waals surface area contributed by atoms with Gasteiger partial charge in [-0.05, 0) is 48.5 Å². The van der Waals surface area contributed by atoms with Crippen LogP contribution in [0, 0.1) is 0 Å². The number of rotatable bonds is 6. The van der Waals surface area contributed by atoms with Crippen LogP contribution in [-0.2, 0) is 9.47 Å². The summed E-state index contributed by atoms with van der Waals surface area (Å²) < 4.78 is 22.2. The zero-order chi connectivity index (χ0) is 29.4. The number of phenols is 4. The Bertz CT molecular complexity index is 1630. The van der Waals surface area contributed by atoms with Crippen molar-refractivity contribution in [2.24, 2.45) is 0 Å². The van der Waals surface area contributed by atoms with E-state index in [2.05, 4.69) is 0 Å². The molecule has 1 aromatic heterocycles. The maximum absolute atomic E-state index is 13.5. The number of ether oxygens (including phenoxy) is 3. The third kappa shape index (κ3) is 5.47. The van der Waals surface area contributed by atoms with Gasteiger partial charge in [0.25, 0.3) is 0 Å². The highest BCUT2D eigenvalue weighted by molar-refractivity contribution is 5.89. The van der Waals surface area contributed by atoms with Gasteiger partial charge < -0.3 is 54.4 Å². The molecule has 5 atom stereocenters. The van der Waals surface area contributed by atoms with Gasteiger partial charge in [-0.15, -0.1) is 0 Å². The minimum atomic E-state index is -1.90. The van der Waals surface area contributed by atoms with Crippen LogP contribution in [0.4, 0.5) is 0 Å². The van der Waals surface area contributed by atoms with Gasteiger partial charge in [0.1, 0.15) is 65.0 Å². The molecule has 3 aromatic carbocycles. The van der Waals surface area contributed by atoms with Crippen molar-refractivity contribution in [1.29, 1.82) is 0 Å².